The van der Waals surface area contributed by atoms with Crippen molar-refractivity contribution < 1.29 is 9.90 Å². The van der Waals surface area contributed by atoms with Crippen LogP contribution in [0.4, 0.5) is 5.69 Å². The molecule has 2 heterocycles. The first-order valence-corrected chi connectivity index (χ1v) is 7.44. The molecule has 0 bridgehead atoms. The largest absolute Gasteiger partial charge is 0.391 e. The molecule has 2 atom stereocenters. The molecule has 1 aliphatic carbocycles. The zero-order valence-corrected chi connectivity index (χ0v) is 12.7. The molecule has 0 spiro atoms. The van der Waals surface area contributed by atoms with Gasteiger partial charge in [-0.3, -0.25) is 9.48 Å². The second-order valence-corrected chi connectivity index (χ2v) is 5.45. The Labute approximate surface area is 128 Å². The van der Waals surface area contributed by atoms with E-state index in [0.717, 1.165) is 18.5 Å². The van der Waals surface area contributed by atoms with Crippen molar-refractivity contribution >= 4 is 11.6 Å². The van der Waals surface area contributed by atoms with E-state index in [2.05, 4.69) is 15.3 Å². The molecule has 7 nitrogen and oxygen atoms in total. The minimum Gasteiger partial charge on any atom is -0.391 e. The lowest BCUT2D eigenvalue weighted by atomic mass is 9.89. The Hall–Kier alpha value is -2.28. The van der Waals surface area contributed by atoms with Crippen molar-refractivity contribution in [3.05, 3.63) is 35.9 Å². The highest BCUT2D eigenvalue weighted by Gasteiger charge is 2.33. The number of nitrogens with zero attached hydrogens (tertiary/aromatic N) is 5. The van der Waals surface area contributed by atoms with Gasteiger partial charge in [-0.05, 0) is 32.8 Å². The van der Waals surface area contributed by atoms with Crippen molar-refractivity contribution in [2.75, 3.05) is 11.4 Å². The van der Waals surface area contributed by atoms with Crippen LogP contribution >= 0.6 is 0 Å². The molecule has 1 amide bonds. The molecule has 22 heavy (non-hydrogen) atoms. The highest BCUT2D eigenvalue weighted by molar-refractivity contribution is 6.06. The normalized spacial score (nSPS) is 20.5. The monoisotopic (exact) mass is 301 g/mol. The Morgan fingerprint density at radius 3 is 2.77 bits per heavy atom. The molecule has 2 aromatic rings. The average molecular weight is 301 g/mol. The van der Waals surface area contributed by atoms with E-state index in [-0.39, 0.29) is 18.1 Å². The van der Waals surface area contributed by atoms with E-state index in [0.29, 0.717) is 17.8 Å². The van der Waals surface area contributed by atoms with Gasteiger partial charge in [-0.1, -0.05) is 0 Å². The fourth-order valence-corrected chi connectivity index (χ4v) is 2.75. The van der Waals surface area contributed by atoms with Gasteiger partial charge in [0.1, 0.15) is 0 Å². The smallest absolute Gasteiger partial charge is 0.261 e. The van der Waals surface area contributed by atoms with Gasteiger partial charge in [-0.15, -0.1) is 0 Å². The lowest BCUT2D eigenvalue weighted by Crippen LogP contribution is -2.35. The summed E-state index contributed by atoms with van der Waals surface area (Å²) < 4.78 is 1.76. The second-order valence-electron chi connectivity index (χ2n) is 5.45. The Kier molecular flexibility index (Phi) is 3.89. The standard InChI is InChI=1S/C15H19N5O2/c1-3-19(11-6-7-16-17-8-11)15(22)12-9-18-20(10(12)2)13-4-5-14(13)21/h6-9,13-14,21H,3-5H2,1-2H3. The summed E-state index contributed by atoms with van der Waals surface area (Å²) in [7, 11) is 0. The van der Waals surface area contributed by atoms with Crippen LogP contribution in [0.25, 0.3) is 0 Å². The average Bonchev–Trinajstić information content (AvgIpc) is 2.89. The molecule has 1 aliphatic rings. The van der Waals surface area contributed by atoms with E-state index in [9.17, 15) is 9.90 Å². The predicted molar refractivity (Wildman–Crippen MR) is 80.6 cm³/mol. The molecule has 1 saturated carbocycles. The maximum Gasteiger partial charge on any atom is 0.261 e. The molecule has 2 aromatic heterocycles. The van der Waals surface area contributed by atoms with Gasteiger partial charge < -0.3 is 10.0 Å². The van der Waals surface area contributed by atoms with Crippen LogP contribution in [0.1, 0.15) is 41.9 Å². The fourth-order valence-electron chi connectivity index (χ4n) is 2.75. The molecular weight excluding hydrogens is 282 g/mol. The summed E-state index contributed by atoms with van der Waals surface area (Å²) in [4.78, 5) is 14.4. The maximum absolute atomic E-state index is 12.8. The third-order valence-corrected chi connectivity index (χ3v) is 4.23. The van der Waals surface area contributed by atoms with E-state index in [4.69, 9.17) is 0 Å². The van der Waals surface area contributed by atoms with Gasteiger partial charge in [0.25, 0.3) is 5.91 Å². The van der Waals surface area contributed by atoms with E-state index in [1.807, 2.05) is 13.8 Å². The van der Waals surface area contributed by atoms with Crippen LogP contribution in [0.2, 0.25) is 0 Å². The van der Waals surface area contributed by atoms with E-state index >= 15 is 0 Å². The highest BCUT2D eigenvalue weighted by Crippen LogP contribution is 2.33. The van der Waals surface area contributed by atoms with Gasteiger partial charge in [0, 0.05) is 12.2 Å². The third kappa shape index (κ3) is 2.37. The third-order valence-electron chi connectivity index (χ3n) is 4.23. The number of hydrogen-bond acceptors (Lipinski definition) is 5. The number of aromatic nitrogens is 4. The topological polar surface area (TPSA) is 84.1 Å². The van der Waals surface area contributed by atoms with Gasteiger partial charge in [0.2, 0.25) is 0 Å². The van der Waals surface area contributed by atoms with Crippen molar-refractivity contribution in [3.63, 3.8) is 0 Å². The molecule has 7 heteroatoms. The molecule has 0 radical (unpaired) electrons. The molecule has 1 fully saturated rings. The number of amides is 1. The number of carbonyl (C=O) groups is 1. The van der Waals surface area contributed by atoms with Crippen LogP contribution in [0.3, 0.4) is 0 Å². The molecule has 2 unspecified atom stereocenters. The van der Waals surface area contributed by atoms with E-state index < -0.39 is 0 Å². The number of aliphatic hydroxyl groups excluding tert-OH is 1. The van der Waals surface area contributed by atoms with Crippen molar-refractivity contribution in [3.8, 4) is 0 Å². The van der Waals surface area contributed by atoms with E-state index in [1.54, 1.807) is 34.2 Å². The van der Waals surface area contributed by atoms with Crippen LogP contribution < -0.4 is 4.90 Å². The van der Waals surface area contributed by atoms with Crippen LogP contribution in [0.15, 0.2) is 24.7 Å². The van der Waals surface area contributed by atoms with Crippen LogP contribution in [-0.4, -0.2) is 43.6 Å². The zero-order chi connectivity index (χ0) is 15.7. The second kappa shape index (κ2) is 5.84. The van der Waals surface area contributed by atoms with Crippen LogP contribution in [0.5, 0.6) is 0 Å². The van der Waals surface area contributed by atoms with Crippen molar-refractivity contribution in [1.29, 1.82) is 0 Å². The Morgan fingerprint density at radius 1 is 1.41 bits per heavy atom. The van der Waals surface area contributed by atoms with Gasteiger partial charge in [0.15, 0.2) is 0 Å². The quantitative estimate of drug-likeness (QED) is 0.921. The summed E-state index contributed by atoms with van der Waals surface area (Å²) in [6.45, 7) is 4.30. The van der Waals surface area contributed by atoms with Crippen LogP contribution in [0, 0.1) is 6.92 Å². The molecule has 116 valence electrons. The van der Waals surface area contributed by atoms with Gasteiger partial charge in [0.05, 0.1) is 42.0 Å². The predicted octanol–water partition coefficient (Wildman–Crippen LogP) is 1.34. The highest BCUT2D eigenvalue weighted by atomic mass is 16.3. The molecule has 0 saturated heterocycles. The van der Waals surface area contributed by atoms with Crippen molar-refractivity contribution in [2.24, 2.45) is 0 Å². The lowest BCUT2D eigenvalue weighted by molar-refractivity contribution is 0.0242. The first-order valence-electron chi connectivity index (χ1n) is 7.44. The molecular formula is C15H19N5O2. The summed E-state index contributed by atoms with van der Waals surface area (Å²) in [5.74, 6) is -0.118. The first kappa shape index (κ1) is 14.6. The molecule has 0 aliphatic heterocycles. The Balaban J connectivity index is 1.88. The lowest BCUT2D eigenvalue weighted by Gasteiger charge is -2.33. The molecule has 3 rings (SSSR count). The van der Waals surface area contributed by atoms with Crippen molar-refractivity contribution in [2.45, 2.75) is 38.8 Å². The fraction of sp³-hybridized carbons (Fsp3) is 0.467. The number of anilines is 1. The summed E-state index contributed by atoms with van der Waals surface area (Å²) in [5.41, 5.74) is 2.05. The number of rotatable bonds is 4. The summed E-state index contributed by atoms with van der Waals surface area (Å²) in [6, 6.07) is 1.74. The molecule has 1 N–H and O–H groups in total. The van der Waals surface area contributed by atoms with Crippen molar-refractivity contribution in [1.82, 2.24) is 20.0 Å². The SMILES string of the molecule is CCN(C(=O)c1cnn(C2CCC2O)c1C)c1ccnnc1. The maximum atomic E-state index is 12.8. The Morgan fingerprint density at radius 2 is 2.23 bits per heavy atom. The minimum absolute atomic E-state index is 0.0146. The number of carbonyl (C=O) groups excluding carboxylic acids is 1. The number of hydrogen-bond donors (Lipinski definition) is 1. The summed E-state index contributed by atoms with van der Waals surface area (Å²) in [6.07, 6.45) is 6.02. The summed E-state index contributed by atoms with van der Waals surface area (Å²) in [5, 5.41) is 21.7. The number of aliphatic hydroxyl groups is 1. The first-order chi connectivity index (χ1) is 10.6. The van der Waals surface area contributed by atoms with Gasteiger partial charge in [-0.25, -0.2) is 0 Å². The summed E-state index contributed by atoms with van der Waals surface area (Å²) >= 11 is 0. The molecule has 0 aromatic carbocycles. The zero-order valence-electron chi connectivity index (χ0n) is 12.7. The van der Waals surface area contributed by atoms with Crippen LogP contribution in [-0.2, 0) is 0 Å². The van der Waals surface area contributed by atoms with Gasteiger partial charge in [-0.2, -0.15) is 15.3 Å². The van der Waals surface area contributed by atoms with Gasteiger partial charge >= 0.3 is 0 Å². The van der Waals surface area contributed by atoms with E-state index in [1.165, 1.54) is 0 Å². The minimum atomic E-state index is -0.367. The Bertz CT molecular complexity index is 670.